The molecule has 1 N–H and O–H groups in total. The topological polar surface area (TPSA) is 74.7 Å². The van der Waals surface area contributed by atoms with Gasteiger partial charge in [-0.3, -0.25) is 0 Å². The molecule has 1 aromatic carbocycles. The number of halogens is 2. The second-order valence-corrected chi connectivity index (χ2v) is 10.1. The summed E-state index contributed by atoms with van der Waals surface area (Å²) in [4.78, 5) is 12.1. The van der Waals surface area contributed by atoms with E-state index in [0.29, 0.717) is 28.6 Å². The van der Waals surface area contributed by atoms with Crippen LogP contribution in [0.4, 0.5) is 0 Å². The molecule has 1 fully saturated rings. The summed E-state index contributed by atoms with van der Waals surface area (Å²) in [7, 11) is -3.60. The predicted molar refractivity (Wildman–Crippen MR) is 109 cm³/mol. The summed E-state index contributed by atoms with van der Waals surface area (Å²) < 4.78 is 27.2. The molecule has 2 aromatic rings. The molecule has 0 atom stereocenters. The third-order valence-electron chi connectivity index (χ3n) is 4.27. The number of hydrogen-bond acceptors (Lipinski definition) is 4. The molecule has 0 aliphatic carbocycles. The van der Waals surface area contributed by atoms with Crippen molar-refractivity contribution >= 4 is 62.2 Å². The first kappa shape index (κ1) is 20.4. The Hall–Kier alpha value is -1.38. The molecule has 2 heterocycles. The predicted octanol–water partition coefficient (Wildman–Crippen LogP) is 4.85. The molecule has 3 rings (SSSR count). The van der Waals surface area contributed by atoms with Crippen LogP contribution >= 0.6 is 34.5 Å². The number of nitrogens with zero attached hydrogens (tertiary/aromatic N) is 1. The minimum Gasteiger partial charge on any atom is -0.478 e. The highest BCUT2D eigenvalue weighted by Gasteiger charge is 2.28. The van der Waals surface area contributed by atoms with Crippen molar-refractivity contribution in [2.45, 2.75) is 23.5 Å². The number of carboxylic acids is 1. The summed E-state index contributed by atoms with van der Waals surface area (Å²) in [5, 5.41) is 10.2. The number of piperidine rings is 1. The monoisotopic (exact) mass is 445 g/mol. The average molecular weight is 446 g/mol. The summed E-state index contributed by atoms with van der Waals surface area (Å²) in [5.74, 6) is -1.17. The molecular weight excluding hydrogens is 429 g/mol. The fourth-order valence-electron chi connectivity index (χ4n) is 2.86. The van der Waals surface area contributed by atoms with Crippen LogP contribution < -0.4 is 0 Å². The maximum absolute atomic E-state index is 12.8. The zero-order valence-electron chi connectivity index (χ0n) is 14.2. The van der Waals surface area contributed by atoms with Gasteiger partial charge in [0.2, 0.25) is 0 Å². The number of carbonyl (C=O) groups is 1. The van der Waals surface area contributed by atoms with Gasteiger partial charge in [-0.2, -0.15) is 4.31 Å². The van der Waals surface area contributed by atoms with Gasteiger partial charge >= 0.3 is 5.97 Å². The first-order chi connectivity index (χ1) is 12.8. The molecular formula is C18H17Cl2NO4S2. The molecule has 0 saturated carbocycles. The third kappa shape index (κ3) is 4.38. The first-order valence-electron chi connectivity index (χ1n) is 8.30. The van der Waals surface area contributed by atoms with E-state index in [1.165, 1.54) is 22.5 Å². The maximum atomic E-state index is 12.8. The number of benzene rings is 1. The second kappa shape index (κ2) is 8.32. The highest BCUT2D eigenvalue weighted by molar-refractivity contribution is 7.91. The molecule has 0 unspecified atom stereocenters. The summed E-state index contributed by atoms with van der Waals surface area (Å²) in [6.07, 6.45) is 4.10. The van der Waals surface area contributed by atoms with Crippen molar-refractivity contribution in [2.75, 3.05) is 13.1 Å². The molecule has 0 amide bonds. The molecule has 1 aromatic heterocycles. The molecule has 0 spiro atoms. The van der Waals surface area contributed by atoms with Crippen molar-refractivity contribution in [1.82, 2.24) is 4.31 Å². The highest BCUT2D eigenvalue weighted by Crippen LogP contribution is 2.34. The van der Waals surface area contributed by atoms with Gasteiger partial charge in [0.05, 0.1) is 15.6 Å². The fourth-order valence-corrected chi connectivity index (χ4v) is 6.21. The lowest BCUT2D eigenvalue weighted by Crippen LogP contribution is -2.35. The van der Waals surface area contributed by atoms with E-state index < -0.39 is 16.0 Å². The van der Waals surface area contributed by atoms with Crippen molar-refractivity contribution in [2.24, 2.45) is 0 Å². The van der Waals surface area contributed by atoms with Crippen LogP contribution in [-0.2, 0) is 14.8 Å². The second-order valence-electron chi connectivity index (χ2n) is 6.09. The zero-order chi connectivity index (χ0) is 19.6. The van der Waals surface area contributed by atoms with Crippen LogP contribution in [0.5, 0.6) is 0 Å². The van der Waals surface area contributed by atoms with Crippen molar-refractivity contribution in [3.63, 3.8) is 0 Å². The van der Waals surface area contributed by atoms with E-state index in [9.17, 15) is 18.3 Å². The van der Waals surface area contributed by atoms with Crippen LogP contribution in [0.25, 0.3) is 11.6 Å². The molecule has 0 radical (unpaired) electrons. The van der Waals surface area contributed by atoms with Crippen molar-refractivity contribution in [3.05, 3.63) is 50.8 Å². The molecule has 1 aliphatic heterocycles. The standard InChI is InChI=1S/C18H17Cl2NO4S2/c19-14-6-4-5-12(17(14)20)11-13(18(22)23)15-7-8-16(26-15)27(24,25)21-9-2-1-3-10-21/h4-8,11H,1-3,9-10H2,(H,22,23). The first-order valence-corrected chi connectivity index (χ1v) is 11.3. The van der Waals surface area contributed by atoms with Crippen LogP contribution in [0.1, 0.15) is 29.7 Å². The van der Waals surface area contributed by atoms with Crippen LogP contribution in [0.15, 0.2) is 34.5 Å². The van der Waals surface area contributed by atoms with Gasteiger partial charge in [0.25, 0.3) is 10.0 Å². The summed E-state index contributed by atoms with van der Waals surface area (Å²) >= 11 is 13.1. The SMILES string of the molecule is O=C(O)C(=Cc1cccc(Cl)c1Cl)c1ccc(S(=O)(=O)N2CCCCC2)s1. The van der Waals surface area contributed by atoms with Crippen molar-refractivity contribution in [3.8, 4) is 0 Å². The molecule has 1 aliphatic rings. The number of aliphatic carboxylic acids is 1. The minimum absolute atomic E-state index is 0.0377. The van der Waals surface area contributed by atoms with Gasteiger partial charge < -0.3 is 5.11 Å². The summed E-state index contributed by atoms with van der Waals surface area (Å²) in [5.41, 5.74) is 0.416. The Morgan fingerprint density at radius 2 is 1.81 bits per heavy atom. The number of hydrogen-bond donors (Lipinski definition) is 1. The Kier molecular flexibility index (Phi) is 6.28. The van der Waals surface area contributed by atoms with E-state index in [4.69, 9.17) is 23.2 Å². The quantitative estimate of drug-likeness (QED) is 0.666. The summed E-state index contributed by atoms with van der Waals surface area (Å²) in [6, 6.07) is 7.90. The van der Waals surface area contributed by atoms with Crippen LogP contribution in [0.2, 0.25) is 10.0 Å². The number of sulfonamides is 1. The molecule has 1 saturated heterocycles. The van der Waals surface area contributed by atoms with Gasteiger partial charge in [-0.25, -0.2) is 13.2 Å². The van der Waals surface area contributed by atoms with E-state index in [-0.39, 0.29) is 14.8 Å². The van der Waals surface area contributed by atoms with E-state index in [2.05, 4.69) is 0 Å². The van der Waals surface area contributed by atoms with Gasteiger partial charge in [0.15, 0.2) is 0 Å². The van der Waals surface area contributed by atoms with Crippen molar-refractivity contribution in [1.29, 1.82) is 0 Å². The van der Waals surface area contributed by atoms with Crippen LogP contribution in [-0.4, -0.2) is 36.9 Å². The van der Waals surface area contributed by atoms with E-state index >= 15 is 0 Å². The van der Waals surface area contributed by atoms with Crippen LogP contribution in [0, 0.1) is 0 Å². The summed E-state index contributed by atoms with van der Waals surface area (Å²) in [6.45, 7) is 0.991. The lowest BCUT2D eigenvalue weighted by molar-refractivity contribution is -0.130. The molecule has 27 heavy (non-hydrogen) atoms. The Bertz CT molecular complexity index is 993. The lowest BCUT2D eigenvalue weighted by Gasteiger charge is -2.25. The van der Waals surface area contributed by atoms with Gasteiger partial charge in [0.1, 0.15) is 4.21 Å². The molecule has 144 valence electrons. The number of carboxylic acid groups (broad SMARTS) is 1. The minimum atomic E-state index is -3.60. The smallest absolute Gasteiger partial charge is 0.337 e. The Morgan fingerprint density at radius 1 is 1.11 bits per heavy atom. The van der Waals surface area contributed by atoms with Crippen molar-refractivity contribution < 1.29 is 18.3 Å². The number of rotatable bonds is 5. The Balaban J connectivity index is 1.98. The Labute approximate surface area is 171 Å². The average Bonchev–Trinajstić information content (AvgIpc) is 3.14. The fraction of sp³-hybridized carbons (Fsp3) is 0.278. The highest BCUT2D eigenvalue weighted by atomic mass is 35.5. The van der Waals surface area contributed by atoms with Gasteiger partial charge in [0, 0.05) is 18.0 Å². The van der Waals surface area contributed by atoms with E-state index in [1.807, 2.05) is 0 Å². The lowest BCUT2D eigenvalue weighted by atomic mass is 10.1. The maximum Gasteiger partial charge on any atom is 0.337 e. The molecule has 9 heteroatoms. The normalized spacial score (nSPS) is 16.4. The van der Waals surface area contributed by atoms with E-state index in [1.54, 1.807) is 18.2 Å². The van der Waals surface area contributed by atoms with Gasteiger partial charge in [-0.15, -0.1) is 11.3 Å². The van der Waals surface area contributed by atoms with Gasteiger partial charge in [-0.05, 0) is 42.7 Å². The number of thiophene rings is 1. The molecule has 0 bridgehead atoms. The van der Waals surface area contributed by atoms with Crippen LogP contribution in [0.3, 0.4) is 0 Å². The largest absolute Gasteiger partial charge is 0.478 e. The Morgan fingerprint density at radius 3 is 2.48 bits per heavy atom. The third-order valence-corrected chi connectivity index (χ3v) is 8.59. The molecule has 5 nitrogen and oxygen atoms in total. The van der Waals surface area contributed by atoms with Gasteiger partial charge in [-0.1, -0.05) is 41.8 Å². The van der Waals surface area contributed by atoms with E-state index in [0.717, 1.165) is 30.6 Å². The zero-order valence-corrected chi connectivity index (χ0v) is 17.3.